The summed E-state index contributed by atoms with van der Waals surface area (Å²) in [4.78, 5) is 0. The fourth-order valence-corrected chi connectivity index (χ4v) is 2.03. The first-order valence-electron chi connectivity index (χ1n) is 3.99. The van der Waals surface area contributed by atoms with Crippen molar-refractivity contribution in [1.82, 2.24) is 0 Å². The molecule has 0 saturated heterocycles. The van der Waals surface area contributed by atoms with Gasteiger partial charge in [-0.05, 0) is 40.5 Å². The summed E-state index contributed by atoms with van der Waals surface area (Å²) in [7, 11) is -4.77. The summed E-state index contributed by atoms with van der Waals surface area (Å²) in [5.74, 6) is -4.30. The van der Waals surface area contributed by atoms with E-state index in [4.69, 9.17) is 0 Å². The van der Waals surface area contributed by atoms with E-state index in [9.17, 15) is 21.6 Å². The van der Waals surface area contributed by atoms with Crippen LogP contribution in [-0.4, -0.2) is 14.2 Å². The molecule has 1 N–H and O–H groups in total. The van der Waals surface area contributed by atoms with Crippen molar-refractivity contribution in [3.63, 3.8) is 0 Å². The van der Waals surface area contributed by atoms with Crippen molar-refractivity contribution in [3.05, 3.63) is 28.0 Å². The van der Waals surface area contributed by atoms with Crippen molar-refractivity contribution in [3.8, 4) is 0 Å². The molecule has 0 aliphatic heterocycles. The van der Waals surface area contributed by atoms with Crippen LogP contribution >= 0.6 is 15.9 Å². The first-order valence-corrected chi connectivity index (χ1v) is 6.33. The van der Waals surface area contributed by atoms with Gasteiger partial charge >= 0.3 is 5.76 Å². The molecule has 0 saturated carbocycles. The smallest absolute Gasteiger partial charge is 0.278 e. The van der Waals surface area contributed by atoms with E-state index >= 15 is 0 Å². The lowest BCUT2D eigenvalue weighted by molar-refractivity contribution is 0.236. The normalized spacial score (nSPS) is 11.9. The van der Waals surface area contributed by atoms with E-state index < -0.39 is 21.6 Å². The minimum atomic E-state index is -4.77. The molecule has 0 aromatic heterocycles. The molecule has 1 aromatic carbocycles. The zero-order valence-corrected chi connectivity index (χ0v) is 10.4. The summed E-state index contributed by atoms with van der Waals surface area (Å²) >= 11 is 2.89. The third-order valence-corrected chi connectivity index (χ3v) is 3.34. The standard InChI is InChI=1S/C8H7BrF3NO2S/c1-4-2-5(9)6(10)3-7(4)13-16(14,15)8(11)12/h2-3,8,13H,1H3. The van der Waals surface area contributed by atoms with Gasteiger partial charge in [0.05, 0.1) is 10.2 Å². The second kappa shape index (κ2) is 4.62. The SMILES string of the molecule is Cc1cc(Br)c(F)cc1NS(=O)(=O)C(F)F. The van der Waals surface area contributed by atoms with Crippen LogP contribution in [0.2, 0.25) is 0 Å². The fourth-order valence-electron chi connectivity index (χ4n) is 0.954. The number of benzene rings is 1. The van der Waals surface area contributed by atoms with E-state index in [1.807, 2.05) is 0 Å². The number of aryl methyl sites for hydroxylation is 1. The third kappa shape index (κ3) is 2.88. The van der Waals surface area contributed by atoms with Crippen LogP contribution in [0.5, 0.6) is 0 Å². The Morgan fingerprint density at radius 2 is 1.94 bits per heavy atom. The van der Waals surface area contributed by atoms with Crippen molar-refractivity contribution in [1.29, 1.82) is 0 Å². The Hall–Kier alpha value is -0.760. The average molecular weight is 318 g/mol. The van der Waals surface area contributed by atoms with Crippen LogP contribution in [0.3, 0.4) is 0 Å². The summed E-state index contributed by atoms with van der Waals surface area (Å²) in [5.41, 5.74) is 0.124. The van der Waals surface area contributed by atoms with Crippen LogP contribution in [-0.2, 0) is 10.0 Å². The van der Waals surface area contributed by atoms with Gasteiger partial charge < -0.3 is 0 Å². The predicted molar refractivity (Wildman–Crippen MR) is 57.4 cm³/mol. The Labute approximate surface area is 98.8 Å². The topological polar surface area (TPSA) is 46.2 Å². The minimum absolute atomic E-state index is 0.130. The highest BCUT2D eigenvalue weighted by molar-refractivity contribution is 9.10. The first kappa shape index (κ1) is 13.3. The fraction of sp³-hybridized carbons (Fsp3) is 0.250. The number of nitrogens with one attached hydrogen (secondary N) is 1. The van der Waals surface area contributed by atoms with Crippen LogP contribution in [0.15, 0.2) is 16.6 Å². The van der Waals surface area contributed by atoms with Crippen molar-refractivity contribution in [2.75, 3.05) is 4.72 Å². The van der Waals surface area contributed by atoms with Gasteiger partial charge in [-0.25, -0.2) is 12.8 Å². The van der Waals surface area contributed by atoms with Gasteiger partial charge in [-0.1, -0.05) is 0 Å². The summed E-state index contributed by atoms with van der Waals surface area (Å²) in [6.07, 6.45) is 0. The van der Waals surface area contributed by atoms with Crippen molar-refractivity contribution >= 4 is 31.6 Å². The molecule has 0 aliphatic rings. The lowest BCUT2D eigenvalue weighted by Crippen LogP contribution is -2.21. The number of alkyl halides is 2. The van der Waals surface area contributed by atoms with Gasteiger partial charge in [-0.3, -0.25) is 4.72 Å². The second-order valence-electron chi connectivity index (χ2n) is 2.99. The van der Waals surface area contributed by atoms with Gasteiger partial charge in [0.2, 0.25) is 0 Å². The molecule has 0 heterocycles. The van der Waals surface area contributed by atoms with Gasteiger partial charge in [-0.15, -0.1) is 0 Å². The van der Waals surface area contributed by atoms with Gasteiger partial charge in [0.15, 0.2) is 0 Å². The van der Waals surface area contributed by atoms with E-state index in [1.54, 1.807) is 4.72 Å². The minimum Gasteiger partial charge on any atom is -0.278 e. The Morgan fingerprint density at radius 1 is 1.38 bits per heavy atom. The molecule has 3 nitrogen and oxygen atoms in total. The maximum atomic E-state index is 13.1. The second-order valence-corrected chi connectivity index (χ2v) is 5.49. The van der Waals surface area contributed by atoms with Crippen LogP contribution in [0, 0.1) is 12.7 Å². The quantitative estimate of drug-likeness (QED) is 0.931. The van der Waals surface area contributed by atoms with Crippen molar-refractivity contribution in [2.24, 2.45) is 0 Å². The maximum Gasteiger partial charge on any atom is 0.355 e. The molecule has 0 spiro atoms. The van der Waals surface area contributed by atoms with E-state index in [0.717, 1.165) is 6.07 Å². The molecule has 8 heteroatoms. The highest BCUT2D eigenvalue weighted by Crippen LogP contribution is 2.25. The zero-order chi connectivity index (χ0) is 12.5. The van der Waals surface area contributed by atoms with Crippen LogP contribution in [0.4, 0.5) is 18.9 Å². The number of rotatable bonds is 3. The molecule has 16 heavy (non-hydrogen) atoms. The molecule has 90 valence electrons. The maximum absolute atomic E-state index is 13.1. The molecule has 0 atom stereocenters. The third-order valence-electron chi connectivity index (χ3n) is 1.75. The molecular formula is C8H7BrF3NO2S. The Morgan fingerprint density at radius 3 is 2.44 bits per heavy atom. The number of hydrogen-bond donors (Lipinski definition) is 1. The molecule has 1 aromatic rings. The Balaban J connectivity index is 3.13. The molecular weight excluding hydrogens is 311 g/mol. The lowest BCUT2D eigenvalue weighted by Gasteiger charge is -2.10. The molecule has 0 radical (unpaired) electrons. The van der Waals surface area contributed by atoms with Crippen LogP contribution in [0.25, 0.3) is 0 Å². The van der Waals surface area contributed by atoms with Crippen LogP contribution < -0.4 is 4.72 Å². The van der Waals surface area contributed by atoms with E-state index in [-0.39, 0.29) is 10.2 Å². The molecule has 0 unspecified atom stereocenters. The molecule has 0 fully saturated rings. The molecule has 1 rings (SSSR count). The van der Waals surface area contributed by atoms with Gasteiger partial charge in [0.1, 0.15) is 5.82 Å². The molecule has 0 amide bonds. The summed E-state index contributed by atoms with van der Waals surface area (Å²) in [5, 5.41) is 0. The summed E-state index contributed by atoms with van der Waals surface area (Å²) in [6.45, 7) is 1.47. The number of anilines is 1. The molecule has 0 bridgehead atoms. The molecule has 0 aliphatic carbocycles. The van der Waals surface area contributed by atoms with Crippen molar-refractivity contribution < 1.29 is 21.6 Å². The lowest BCUT2D eigenvalue weighted by atomic mass is 10.2. The number of sulfonamides is 1. The predicted octanol–water partition coefficient (Wildman–Crippen LogP) is 2.86. The average Bonchev–Trinajstić information content (AvgIpc) is 2.13. The van der Waals surface area contributed by atoms with E-state index in [2.05, 4.69) is 15.9 Å². The number of halogens is 4. The van der Waals surface area contributed by atoms with E-state index in [1.165, 1.54) is 13.0 Å². The Kier molecular flexibility index (Phi) is 3.84. The van der Waals surface area contributed by atoms with Gasteiger partial charge in [-0.2, -0.15) is 8.78 Å². The highest BCUT2D eigenvalue weighted by Gasteiger charge is 2.24. The highest BCUT2D eigenvalue weighted by atomic mass is 79.9. The van der Waals surface area contributed by atoms with E-state index in [0.29, 0.717) is 5.56 Å². The summed E-state index contributed by atoms with van der Waals surface area (Å²) < 4.78 is 60.6. The van der Waals surface area contributed by atoms with Gasteiger partial charge in [0, 0.05) is 0 Å². The first-order chi connectivity index (χ1) is 7.24. The van der Waals surface area contributed by atoms with Gasteiger partial charge in [0.25, 0.3) is 10.0 Å². The monoisotopic (exact) mass is 317 g/mol. The number of hydrogen-bond acceptors (Lipinski definition) is 2. The zero-order valence-electron chi connectivity index (χ0n) is 7.97. The Bertz CT molecular complexity index is 504. The summed E-state index contributed by atoms with van der Waals surface area (Å²) in [6, 6.07) is 2.12. The van der Waals surface area contributed by atoms with Crippen molar-refractivity contribution in [2.45, 2.75) is 12.7 Å². The van der Waals surface area contributed by atoms with Crippen LogP contribution in [0.1, 0.15) is 5.56 Å². The largest absolute Gasteiger partial charge is 0.355 e.